The van der Waals surface area contributed by atoms with Gasteiger partial charge in [-0.3, -0.25) is 0 Å². The summed E-state index contributed by atoms with van der Waals surface area (Å²) in [6.45, 7) is 2.29. The van der Waals surface area contributed by atoms with E-state index in [0.29, 0.717) is 12.6 Å². The van der Waals surface area contributed by atoms with Gasteiger partial charge in [0.1, 0.15) is 0 Å². The maximum atomic E-state index is 11.8. The second-order valence-corrected chi connectivity index (χ2v) is 4.76. The number of hydrogen-bond donors (Lipinski definition) is 3. The zero-order chi connectivity index (χ0) is 13.7. The van der Waals surface area contributed by atoms with Crippen LogP contribution in [0.2, 0.25) is 0 Å². The van der Waals surface area contributed by atoms with E-state index in [2.05, 4.69) is 22.5 Å². The van der Waals surface area contributed by atoms with E-state index in [1.807, 2.05) is 25.1 Å². The minimum Gasteiger partial charge on any atom is -0.335 e. The zero-order valence-electron chi connectivity index (χ0n) is 11.1. The van der Waals surface area contributed by atoms with Crippen LogP contribution in [0, 0.1) is 18.8 Å². The van der Waals surface area contributed by atoms with Gasteiger partial charge in [-0.2, -0.15) is 0 Å². The van der Waals surface area contributed by atoms with Gasteiger partial charge >= 0.3 is 6.03 Å². The Morgan fingerprint density at radius 1 is 1.47 bits per heavy atom. The van der Waals surface area contributed by atoms with Gasteiger partial charge in [0.05, 0.1) is 6.54 Å². The van der Waals surface area contributed by atoms with Gasteiger partial charge in [-0.25, -0.2) is 4.79 Å². The lowest BCUT2D eigenvalue weighted by molar-refractivity contribution is 0.240. The van der Waals surface area contributed by atoms with Gasteiger partial charge in [-0.05, 0) is 43.9 Å². The Bertz CT molecular complexity index is 524. The molecule has 0 spiro atoms. The molecule has 19 heavy (non-hydrogen) atoms. The van der Waals surface area contributed by atoms with Crippen molar-refractivity contribution in [2.24, 2.45) is 5.73 Å². The highest BCUT2D eigenvalue weighted by atomic mass is 16.2. The molecule has 1 aliphatic carbocycles. The number of urea groups is 1. The molecule has 0 radical (unpaired) electrons. The topological polar surface area (TPSA) is 67.1 Å². The summed E-state index contributed by atoms with van der Waals surface area (Å²) in [5.74, 6) is 5.77. The molecule has 0 saturated heterocycles. The van der Waals surface area contributed by atoms with Crippen molar-refractivity contribution in [3.05, 3.63) is 29.3 Å². The molecule has 0 atom stereocenters. The molecule has 100 valence electrons. The molecule has 4 heteroatoms. The lowest BCUT2D eigenvalue weighted by Crippen LogP contribution is -2.41. The summed E-state index contributed by atoms with van der Waals surface area (Å²) in [6.07, 6.45) is 3.36. The lowest BCUT2D eigenvalue weighted by atomic mass is 9.93. The molecular weight excluding hydrogens is 238 g/mol. The first-order chi connectivity index (χ1) is 9.19. The van der Waals surface area contributed by atoms with Crippen molar-refractivity contribution in [2.75, 3.05) is 11.9 Å². The van der Waals surface area contributed by atoms with E-state index in [1.165, 1.54) is 6.42 Å². The van der Waals surface area contributed by atoms with Crippen molar-refractivity contribution >= 4 is 11.7 Å². The molecule has 1 fully saturated rings. The van der Waals surface area contributed by atoms with E-state index in [9.17, 15) is 4.79 Å². The predicted molar refractivity (Wildman–Crippen MR) is 76.9 cm³/mol. The molecule has 4 nitrogen and oxygen atoms in total. The van der Waals surface area contributed by atoms with Crippen molar-refractivity contribution in [1.29, 1.82) is 0 Å². The van der Waals surface area contributed by atoms with Gasteiger partial charge in [-0.1, -0.05) is 17.9 Å². The van der Waals surface area contributed by atoms with Gasteiger partial charge in [0, 0.05) is 17.3 Å². The Hall–Kier alpha value is -1.99. The summed E-state index contributed by atoms with van der Waals surface area (Å²) in [6, 6.07) is 5.93. The average molecular weight is 257 g/mol. The monoisotopic (exact) mass is 257 g/mol. The van der Waals surface area contributed by atoms with Crippen LogP contribution in [0.3, 0.4) is 0 Å². The van der Waals surface area contributed by atoms with E-state index in [1.54, 1.807) is 0 Å². The highest BCUT2D eigenvalue weighted by Gasteiger charge is 2.19. The van der Waals surface area contributed by atoms with Crippen LogP contribution in [0.1, 0.15) is 30.4 Å². The number of nitrogens with one attached hydrogen (secondary N) is 2. The Balaban J connectivity index is 2.03. The lowest BCUT2D eigenvalue weighted by Gasteiger charge is -2.26. The van der Waals surface area contributed by atoms with Crippen LogP contribution in [-0.2, 0) is 0 Å². The van der Waals surface area contributed by atoms with Crippen molar-refractivity contribution in [3.63, 3.8) is 0 Å². The third-order valence-corrected chi connectivity index (χ3v) is 3.26. The van der Waals surface area contributed by atoms with Crippen LogP contribution < -0.4 is 16.4 Å². The molecule has 1 aromatic rings. The van der Waals surface area contributed by atoms with Crippen molar-refractivity contribution in [2.45, 2.75) is 32.2 Å². The molecule has 1 aromatic carbocycles. The summed E-state index contributed by atoms with van der Waals surface area (Å²) >= 11 is 0. The van der Waals surface area contributed by atoms with E-state index in [4.69, 9.17) is 5.73 Å². The van der Waals surface area contributed by atoms with Gasteiger partial charge < -0.3 is 16.4 Å². The average Bonchev–Trinajstić information content (AvgIpc) is 2.35. The minimum absolute atomic E-state index is 0.142. The fraction of sp³-hybridized carbons (Fsp3) is 0.400. The van der Waals surface area contributed by atoms with Crippen molar-refractivity contribution in [1.82, 2.24) is 5.32 Å². The van der Waals surface area contributed by atoms with E-state index >= 15 is 0 Å². The Labute approximate surface area is 113 Å². The number of carbonyl (C=O) groups is 1. The van der Waals surface area contributed by atoms with Gasteiger partial charge in [-0.15, -0.1) is 0 Å². The third-order valence-electron chi connectivity index (χ3n) is 3.26. The van der Waals surface area contributed by atoms with Crippen LogP contribution in [-0.4, -0.2) is 18.6 Å². The Morgan fingerprint density at radius 2 is 2.26 bits per heavy atom. The van der Waals surface area contributed by atoms with Crippen LogP contribution in [0.15, 0.2) is 18.2 Å². The fourth-order valence-electron chi connectivity index (χ4n) is 1.88. The molecule has 0 bridgehead atoms. The summed E-state index contributed by atoms with van der Waals surface area (Å²) in [5, 5.41) is 5.83. The first-order valence-electron chi connectivity index (χ1n) is 6.56. The molecule has 0 aromatic heterocycles. The Kier molecular flexibility index (Phi) is 4.43. The van der Waals surface area contributed by atoms with Crippen molar-refractivity contribution < 1.29 is 4.79 Å². The van der Waals surface area contributed by atoms with E-state index in [-0.39, 0.29) is 6.03 Å². The third kappa shape index (κ3) is 3.73. The molecular formula is C15H19N3O. The molecule has 1 saturated carbocycles. The molecule has 2 rings (SSSR count). The number of rotatable bonds is 2. The van der Waals surface area contributed by atoms with Crippen LogP contribution in [0.4, 0.5) is 10.5 Å². The van der Waals surface area contributed by atoms with Gasteiger partial charge in [0.2, 0.25) is 0 Å². The SMILES string of the molecule is Cc1ccc(C#CCN)cc1NC(=O)NC1CCC1. The smallest absolute Gasteiger partial charge is 0.319 e. The van der Waals surface area contributed by atoms with Crippen molar-refractivity contribution in [3.8, 4) is 11.8 Å². The summed E-state index contributed by atoms with van der Waals surface area (Å²) in [4.78, 5) is 11.8. The van der Waals surface area contributed by atoms with Crippen LogP contribution >= 0.6 is 0 Å². The number of aryl methyl sites for hydroxylation is 1. The number of amides is 2. The Morgan fingerprint density at radius 3 is 2.89 bits per heavy atom. The second kappa shape index (κ2) is 6.26. The summed E-state index contributed by atoms with van der Waals surface area (Å²) in [5.41, 5.74) is 8.01. The van der Waals surface area contributed by atoms with E-state index < -0.39 is 0 Å². The quantitative estimate of drug-likeness (QED) is 0.709. The standard InChI is InChI=1S/C15H19N3O/c1-11-7-8-12(4-3-9-16)10-14(11)18-15(19)17-13-5-2-6-13/h7-8,10,13H,2,5-6,9,16H2,1H3,(H2,17,18,19). The first-order valence-corrected chi connectivity index (χ1v) is 6.56. The summed E-state index contributed by atoms with van der Waals surface area (Å²) < 4.78 is 0. The van der Waals surface area contributed by atoms with E-state index in [0.717, 1.165) is 29.7 Å². The molecule has 2 amide bonds. The number of nitrogens with two attached hydrogens (primary N) is 1. The van der Waals surface area contributed by atoms with Gasteiger partial charge in [0.15, 0.2) is 0 Å². The van der Waals surface area contributed by atoms with Gasteiger partial charge in [0.25, 0.3) is 0 Å². The molecule has 4 N–H and O–H groups in total. The van der Waals surface area contributed by atoms with Crippen LogP contribution in [0.5, 0.6) is 0 Å². The number of hydrogen-bond acceptors (Lipinski definition) is 2. The summed E-state index contributed by atoms with van der Waals surface area (Å²) in [7, 11) is 0. The number of carbonyl (C=O) groups excluding carboxylic acids is 1. The fourth-order valence-corrected chi connectivity index (χ4v) is 1.88. The predicted octanol–water partition coefficient (Wildman–Crippen LogP) is 1.98. The molecule has 1 aliphatic rings. The highest BCUT2D eigenvalue weighted by molar-refractivity contribution is 5.90. The largest absolute Gasteiger partial charge is 0.335 e. The zero-order valence-corrected chi connectivity index (χ0v) is 11.1. The molecule has 0 heterocycles. The maximum Gasteiger partial charge on any atom is 0.319 e. The minimum atomic E-state index is -0.142. The number of anilines is 1. The highest BCUT2D eigenvalue weighted by Crippen LogP contribution is 2.19. The number of benzene rings is 1. The maximum absolute atomic E-state index is 11.8. The normalized spacial score (nSPS) is 14.0. The molecule has 0 unspecified atom stereocenters. The first kappa shape index (κ1) is 13.4. The van der Waals surface area contributed by atoms with Crippen LogP contribution in [0.25, 0.3) is 0 Å². The second-order valence-electron chi connectivity index (χ2n) is 4.76. The molecule has 0 aliphatic heterocycles.